The van der Waals surface area contributed by atoms with Crippen LogP contribution in [0, 0.1) is 17.3 Å². The molecule has 0 aliphatic heterocycles. The molecule has 3 aliphatic carbocycles. The smallest absolute Gasteiger partial charge is 0.416 e. The average Bonchev–Trinajstić information content (AvgIpc) is 3.33. The van der Waals surface area contributed by atoms with Crippen molar-refractivity contribution in [2.24, 2.45) is 17.3 Å². The molecule has 3 atom stereocenters. The summed E-state index contributed by atoms with van der Waals surface area (Å²) < 4.78 is 39.8. The third-order valence-corrected chi connectivity index (χ3v) is 9.53. The van der Waals surface area contributed by atoms with Gasteiger partial charge in [-0.15, -0.1) is 0 Å². The molecule has 3 aliphatic rings. The predicted molar refractivity (Wildman–Crippen MR) is 137 cm³/mol. The van der Waals surface area contributed by atoms with E-state index in [1.165, 1.54) is 69.9 Å². The normalized spacial score (nSPS) is 28.0. The van der Waals surface area contributed by atoms with Gasteiger partial charge in [0, 0.05) is 18.5 Å². The van der Waals surface area contributed by atoms with E-state index in [-0.39, 0.29) is 24.3 Å². The molecule has 0 saturated heterocycles. The molecule has 0 amide bonds. The van der Waals surface area contributed by atoms with E-state index in [1.807, 2.05) is 0 Å². The summed E-state index contributed by atoms with van der Waals surface area (Å²) in [4.78, 5) is 14.2. The van der Waals surface area contributed by atoms with Crippen molar-refractivity contribution in [2.45, 2.75) is 121 Å². The third-order valence-electron chi connectivity index (χ3n) is 9.53. The van der Waals surface area contributed by atoms with Crippen LogP contribution < -0.4 is 0 Å². The Morgan fingerprint density at radius 3 is 2.19 bits per heavy atom. The summed E-state index contributed by atoms with van der Waals surface area (Å²) >= 11 is 0. The minimum absolute atomic E-state index is 0.0731. The van der Waals surface area contributed by atoms with Crippen LogP contribution in [-0.4, -0.2) is 34.6 Å². The zero-order valence-corrected chi connectivity index (χ0v) is 22.0. The molecule has 3 fully saturated rings. The first-order valence-corrected chi connectivity index (χ1v) is 14.2. The summed E-state index contributed by atoms with van der Waals surface area (Å²) in [7, 11) is 0. The maximum absolute atomic E-state index is 13.3. The number of benzene rings is 1. The molecule has 3 saturated carbocycles. The number of hydrogen-bond acceptors (Lipinski definition) is 2. The highest BCUT2D eigenvalue weighted by Crippen LogP contribution is 2.45. The number of halogens is 3. The number of carbonyl (C=O) groups is 1. The summed E-state index contributed by atoms with van der Waals surface area (Å²) in [6, 6.07) is 6.50. The van der Waals surface area contributed by atoms with Crippen LogP contribution in [0.3, 0.4) is 0 Å². The second-order valence-electron chi connectivity index (χ2n) is 12.6. The first-order valence-electron chi connectivity index (χ1n) is 14.2. The number of carboxylic acids is 1. The lowest BCUT2D eigenvalue weighted by Gasteiger charge is -2.49. The number of carboxylic acid groups (broad SMARTS) is 1. The Labute approximate surface area is 214 Å². The fraction of sp³-hybridized carbons (Fsp3) is 0.767. The molecule has 4 rings (SSSR count). The second kappa shape index (κ2) is 11.4. The predicted octanol–water partition coefficient (Wildman–Crippen LogP) is 8.28. The van der Waals surface area contributed by atoms with Gasteiger partial charge in [0.2, 0.25) is 0 Å². The number of rotatable bonds is 8. The van der Waals surface area contributed by atoms with Crippen LogP contribution in [0.2, 0.25) is 0 Å². The molecule has 3 nitrogen and oxygen atoms in total. The Balaban J connectivity index is 1.59. The molecule has 0 radical (unpaired) electrons. The van der Waals surface area contributed by atoms with Gasteiger partial charge in [-0.2, -0.15) is 13.2 Å². The number of alkyl halides is 3. The molecule has 3 unspecified atom stereocenters. The van der Waals surface area contributed by atoms with Crippen LogP contribution in [0.25, 0.3) is 0 Å². The topological polar surface area (TPSA) is 40.5 Å². The highest BCUT2D eigenvalue weighted by Gasteiger charge is 2.40. The van der Waals surface area contributed by atoms with Crippen molar-refractivity contribution in [3.8, 4) is 0 Å². The van der Waals surface area contributed by atoms with Crippen molar-refractivity contribution in [3.63, 3.8) is 0 Å². The van der Waals surface area contributed by atoms with Crippen molar-refractivity contribution in [3.05, 3.63) is 35.4 Å². The molecule has 0 bridgehead atoms. The van der Waals surface area contributed by atoms with E-state index in [0.29, 0.717) is 11.5 Å². The van der Waals surface area contributed by atoms with Gasteiger partial charge in [-0.3, -0.25) is 9.69 Å². The number of nitrogens with zero attached hydrogens (tertiary/aromatic N) is 1. The number of hydrogen-bond donors (Lipinski definition) is 1. The van der Waals surface area contributed by atoms with Gasteiger partial charge >= 0.3 is 12.1 Å². The van der Waals surface area contributed by atoms with E-state index in [0.717, 1.165) is 37.3 Å². The van der Waals surface area contributed by atoms with E-state index in [9.17, 15) is 23.1 Å². The first kappa shape index (κ1) is 27.5. The Kier molecular flexibility index (Phi) is 8.74. The molecule has 1 aromatic rings. The van der Waals surface area contributed by atoms with Crippen molar-refractivity contribution < 1.29 is 23.1 Å². The van der Waals surface area contributed by atoms with E-state index in [1.54, 1.807) is 12.1 Å². The van der Waals surface area contributed by atoms with Crippen LogP contribution >= 0.6 is 0 Å². The van der Waals surface area contributed by atoms with E-state index >= 15 is 0 Å². The largest absolute Gasteiger partial charge is 0.481 e. The molecule has 202 valence electrons. The fourth-order valence-corrected chi connectivity index (χ4v) is 7.31. The van der Waals surface area contributed by atoms with Crippen molar-refractivity contribution in [1.29, 1.82) is 0 Å². The Hall–Kier alpha value is -1.56. The standard InChI is InChI=1S/C30H44F3NO2/c1-29(2)16-13-25(14-17-29)34(18-15-21-5-3-4-6-21)27-12-7-22(20-28(35)36)19-26(27)23-8-10-24(11-9-23)30(31,32)33/h8-11,21-22,25-27H,3-7,12-20H2,1-2H3,(H,35,36). The van der Waals surface area contributed by atoms with Gasteiger partial charge in [-0.1, -0.05) is 51.7 Å². The lowest BCUT2D eigenvalue weighted by molar-refractivity contribution is -0.139. The maximum atomic E-state index is 13.3. The molecule has 0 aromatic heterocycles. The van der Waals surface area contributed by atoms with Crippen molar-refractivity contribution in [1.82, 2.24) is 4.90 Å². The Bertz CT molecular complexity index is 850. The minimum atomic E-state index is -4.35. The zero-order valence-electron chi connectivity index (χ0n) is 22.0. The quantitative estimate of drug-likeness (QED) is 0.385. The van der Waals surface area contributed by atoms with Gasteiger partial charge in [0.1, 0.15) is 0 Å². The zero-order chi connectivity index (χ0) is 25.9. The summed E-state index contributed by atoms with van der Waals surface area (Å²) in [6.07, 6.45) is 9.59. The van der Waals surface area contributed by atoms with E-state index < -0.39 is 17.7 Å². The van der Waals surface area contributed by atoms with E-state index in [4.69, 9.17) is 0 Å². The highest BCUT2D eigenvalue weighted by molar-refractivity contribution is 5.67. The van der Waals surface area contributed by atoms with Gasteiger partial charge in [-0.25, -0.2) is 0 Å². The van der Waals surface area contributed by atoms with Crippen LogP contribution in [-0.2, 0) is 11.0 Å². The van der Waals surface area contributed by atoms with Crippen molar-refractivity contribution >= 4 is 5.97 Å². The van der Waals surface area contributed by atoms with Crippen LogP contribution in [0.15, 0.2) is 24.3 Å². The lowest BCUT2D eigenvalue weighted by atomic mass is 9.70. The average molecular weight is 508 g/mol. The summed E-state index contributed by atoms with van der Waals surface area (Å²) in [5.74, 6) is 0.162. The highest BCUT2D eigenvalue weighted by atomic mass is 19.4. The van der Waals surface area contributed by atoms with Crippen molar-refractivity contribution in [2.75, 3.05) is 6.54 Å². The summed E-state index contributed by atoms with van der Waals surface area (Å²) in [5, 5.41) is 9.45. The maximum Gasteiger partial charge on any atom is 0.416 e. The SMILES string of the molecule is CC1(C)CCC(N(CCC2CCCC2)C2CCC(CC(=O)O)CC2c2ccc(C(F)(F)F)cc2)CC1. The fourth-order valence-electron chi connectivity index (χ4n) is 7.31. The monoisotopic (exact) mass is 507 g/mol. The Morgan fingerprint density at radius 1 is 0.972 bits per heavy atom. The van der Waals surface area contributed by atoms with E-state index in [2.05, 4.69) is 18.7 Å². The van der Waals surface area contributed by atoms with Crippen LogP contribution in [0.4, 0.5) is 13.2 Å². The Morgan fingerprint density at radius 2 is 1.61 bits per heavy atom. The van der Waals surface area contributed by atoms with Crippen LogP contribution in [0.1, 0.15) is 114 Å². The second-order valence-corrected chi connectivity index (χ2v) is 12.6. The summed E-state index contributed by atoms with van der Waals surface area (Å²) in [6.45, 7) is 5.77. The summed E-state index contributed by atoms with van der Waals surface area (Å²) in [5.41, 5.74) is 0.693. The molecule has 0 heterocycles. The molecule has 6 heteroatoms. The number of aliphatic carboxylic acids is 1. The molecule has 0 spiro atoms. The molecular formula is C30H44F3NO2. The van der Waals surface area contributed by atoms with Gasteiger partial charge in [0.15, 0.2) is 0 Å². The molecule has 1 N–H and O–H groups in total. The first-order chi connectivity index (χ1) is 17.0. The molecular weight excluding hydrogens is 463 g/mol. The van der Waals surface area contributed by atoms with Gasteiger partial charge in [0.25, 0.3) is 0 Å². The minimum Gasteiger partial charge on any atom is -0.481 e. The molecule has 1 aromatic carbocycles. The van der Waals surface area contributed by atoms with Gasteiger partial charge in [0.05, 0.1) is 5.56 Å². The third kappa shape index (κ3) is 7.05. The van der Waals surface area contributed by atoms with Crippen LogP contribution in [0.5, 0.6) is 0 Å². The lowest BCUT2D eigenvalue weighted by Crippen LogP contribution is -2.50. The van der Waals surface area contributed by atoms with Gasteiger partial charge in [-0.05, 0) is 98.8 Å². The molecule has 36 heavy (non-hydrogen) atoms. The van der Waals surface area contributed by atoms with Gasteiger partial charge < -0.3 is 5.11 Å².